The predicted molar refractivity (Wildman–Crippen MR) is 110 cm³/mol. The fourth-order valence-corrected chi connectivity index (χ4v) is 3.52. The summed E-state index contributed by atoms with van der Waals surface area (Å²) < 4.78 is 10.3. The number of methoxy groups -OCH3 is 1. The number of likely N-dealkylation sites (tertiary alicyclic amines) is 1. The molecule has 156 valence electrons. The van der Waals surface area contributed by atoms with Crippen LogP contribution < -0.4 is 9.47 Å². The van der Waals surface area contributed by atoms with Crippen LogP contribution in [-0.2, 0) is 14.4 Å². The van der Waals surface area contributed by atoms with Crippen molar-refractivity contribution in [2.75, 3.05) is 13.7 Å². The van der Waals surface area contributed by atoms with E-state index in [-0.39, 0.29) is 11.3 Å². The maximum absolute atomic E-state index is 12.9. The number of hydrogen-bond donors (Lipinski definition) is 1. The van der Waals surface area contributed by atoms with E-state index >= 15 is 0 Å². The van der Waals surface area contributed by atoms with Crippen LogP contribution in [0, 0.1) is 0 Å². The van der Waals surface area contributed by atoms with Crippen LogP contribution in [0.1, 0.15) is 37.4 Å². The highest BCUT2D eigenvalue weighted by Crippen LogP contribution is 2.40. The fourth-order valence-electron chi connectivity index (χ4n) is 3.52. The van der Waals surface area contributed by atoms with Crippen LogP contribution in [-0.4, -0.2) is 41.3 Å². The minimum absolute atomic E-state index is 0.00130. The van der Waals surface area contributed by atoms with Gasteiger partial charge in [-0.2, -0.15) is 0 Å². The molecule has 1 N–H and O–H groups in total. The summed E-state index contributed by atoms with van der Waals surface area (Å²) in [6, 6.07) is 12.4. The van der Waals surface area contributed by atoms with E-state index in [4.69, 9.17) is 9.47 Å². The van der Waals surface area contributed by atoms with Gasteiger partial charge in [-0.1, -0.05) is 19.1 Å². The third kappa shape index (κ3) is 4.05. The molecule has 1 aliphatic rings. The van der Waals surface area contributed by atoms with Crippen molar-refractivity contribution in [1.82, 2.24) is 4.90 Å². The molecule has 1 fully saturated rings. The summed E-state index contributed by atoms with van der Waals surface area (Å²) in [5.74, 6) is -1.27. The van der Waals surface area contributed by atoms with E-state index in [9.17, 15) is 19.5 Å². The number of ether oxygens (including phenoxy) is 2. The number of carbonyl (C=O) groups excluding carboxylic acids is 3. The summed E-state index contributed by atoms with van der Waals surface area (Å²) in [6.07, 6.45) is 0.635. The molecule has 1 aliphatic heterocycles. The molecule has 1 saturated heterocycles. The van der Waals surface area contributed by atoms with Crippen molar-refractivity contribution >= 4 is 23.4 Å². The summed E-state index contributed by atoms with van der Waals surface area (Å²) in [4.78, 5) is 38.3. The van der Waals surface area contributed by atoms with Gasteiger partial charge >= 0.3 is 5.97 Å². The van der Waals surface area contributed by atoms with E-state index in [0.29, 0.717) is 35.6 Å². The van der Waals surface area contributed by atoms with Gasteiger partial charge in [-0.15, -0.1) is 0 Å². The molecule has 3 rings (SSSR count). The molecule has 2 aromatic carbocycles. The highest BCUT2D eigenvalue weighted by atomic mass is 16.5. The van der Waals surface area contributed by atoms with Crippen LogP contribution in [0.2, 0.25) is 0 Å². The van der Waals surface area contributed by atoms with Gasteiger partial charge in [0.1, 0.15) is 17.3 Å². The molecule has 1 atom stereocenters. The van der Waals surface area contributed by atoms with Gasteiger partial charge in [0, 0.05) is 19.0 Å². The molecule has 7 nitrogen and oxygen atoms in total. The molecule has 2 aromatic rings. The van der Waals surface area contributed by atoms with Gasteiger partial charge < -0.3 is 19.5 Å². The summed E-state index contributed by atoms with van der Waals surface area (Å²) in [5, 5.41) is 11.0. The Kier molecular flexibility index (Phi) is 6.20. The third-order valence-electron chi connectivity index (χ3n) is 4.80. The number of ketones is 1. The lowest BCUT2D eigenvalue weighted by Crippen LogP contribution is -2.30. The van der Waals surface area contributed by atoms with E-state index in [1.807, 2.05) is 6.92 Å². The lowest BCUT2D eigenvalue weighted by molar-refractivity contribution is -0.139. The Hall–Kier alpha value is -3.61. The molecule has 0 aliphatic carbocycles. The van der Waals surface area contributed by atoms with Gasteiger partial charge in [0.25, 0.3) is 11.7 Å². The van der Waals surface area contributed by atoms with Gasteiger partial charge in [0.2, 0.25) is 0 Å². The average Bonchev–Trinajstić information content (AvgIpc) is 2.98. The van der Waals surface area contributed by atoms with Crippen molar-refractivity contribution in [2.24, 2.45) is 0 Å². The first-order chi connectivity index (χ1) is 14.4. The quantitative estimate of drug-likeness (QED) is 0.258. The topological polar surface area (TPSA) is 93.1 Å². The van der Waals surface area contributed by atoms with E-state index in [1.165, 1.54) is 18.9 Å². The number of rotatable bonds is 6. The summed E-state index contributed by atoms with van der Waals surface area (Å²) in [5.41, 5.74) is 0.960. The predicted octanol–water partition coefficient (Wildman–Crippen LogP) is 3.45. The fraction of sp³-hybridized carbons (Fsp3) is 0.261. The number of aliphatic hydroxyl groups is 1. The molecule has 0 bridgehead atoms. The largest absolute Gasteiger partial charge is 0.507 e. The number of Topliss-reactive ketones (excluding diaryl/α,β-unsaturated/α-hetero) is 1. The second kappa shape index (κ2) is 8.82. The molecule has 0 saturated carbocycles. The van der Waals surface area contributed by atoms with E-state index < -0.39 is 23.7 Å². The first-order valence-corrected chi connectivity index (χ1v) is 9.58. The summed E-state index contributed by atoms with van der Waals surface area (Å²) in [7, 11) is 1.53. The summed E-state index contributed by atoms with van der Waals surface area (Å²) in [6.45, 7) is 3.53. The van der Waals surface area contributed by atoms with Crippen molar-refractivity contribution < 1.29 is 29.0 Å². The second-order valence-corrected chi connectivity index (χ2v) is 6.89. The molecular weight excluding hydrogens is 386 g/mol. The molecule has 0 radical (unpaired) electrons. The molecule has 1 unspecified atom stereocenters. The van der Waals surface area contributed by atoms with Crippen LogP contribution in [0.25, 0.3) is 5.76 Å². The smallest absolute Gasteiger partial charge is 0.308 e. The normalized spacial score (nSPS) is 17.8. The Morgan fingerprint density at radius 2 is 1.80 bits per heavy atom. The Bertz CT molecular complexity index is 1010. The number of benzene rings is 2. The third-order valence-corrected chi connectivity index (χ3v) is 4.80. The van der Waals surface area contributed by atoms with Gasteiger partial charge in [0.05, 0.1) is 18.7 Å². The summed E-state index contributed by atoms with van der Waals surface area (Å²) >= 11 is 0. The van der Waals surface area contributed by atoms with Gasteiger partial charge in [0.15, 0.2) is 0 Å². The molecule has 30 heavy (non-hydrogen) atoms. The number of aliphatic hydroxyl groups excluding tert-OH is 1. The molecule has 7 heteroatoms. The minimum atomic E-state index is -0.789. The monoisotopic (exact) mass is 409 g/mol. The average molecular weight is 409 g/mol. The van der Waals surface area contributed by atoms with Crippen molar-refractivity contribution in [2.45, 2.75) is 26.3 Å². The van der Waals surface area contributed by atoms with Gasteiger partial charge in [-0.25, -0.2) is 0 Å². The van der Waals surface area contributed by atoms with Crippen molar-refractivity contribution in [3.05, 3.63) is 65.2 Å². The molecule has 0 spiro atoms. The highest BCUT2D eigenvalue weighted by molar-refractivity contribution is 6.46. The number of carbonyl (C=O) groups is 3. The number of hydrogen-bond acceptors (Lipinski definition) is 6. The Balaban J connectivity index is 2.14. The van der Waals surface area contributed by atoms with Crippen LogP contribution in [0.3, 0.4) is 0 Å². The van der Waals surface area contributed by atoms with E-state index in [0.717, 1.165) is 0 Å². The van der Waals surface area contributed by atoms with Crippen molar-refractivity contribution in [3.8, 4) is 11.5 Å². The highest BCUT2D eigenvalue weighted by Gasteiger charge is 2.45. The number of esters is 1. The van der Waals surface area contributed by atoms with E-state index in [2.05, 4.69) is 0 Å². The van der Waals surface area contributed by atoms with Crippen molar-refractivity contribution in [3.63, 3.8) is 0 Å². The van der Waals surface area contributed by atoms with Crippen LogP contribution >= 0.6 is 0 Å². The SMILES string of the molecule is CCCN1C(=O)C(=O)/C(=C(\O)c2ccc(OC)cc2)C1c1cccc(OC(C)=O)c1. The standard InChI is InChI=1S/C23H23NO6/c1-4-12-24-20(16-6-5-7-18(13-16)30-14(2)25)19(22(27)23(24)28)21(26)15-8-10-17(29-3)11-9-15/h5-11,13,20,26H,4,12H2,1-3H3/b21-19-. The zero-order valence-electron chi connectivity index (χ0n) is 17.0. The van der Waals surface area contributed by atoms with Gasteiger partial charge in [-0.05, 0) is 48.4 Å². The first-order valence-electron chi connectivity index (χ1n) is 9.58. The minimum Gasteiger partial charge on any atom is -0.507 e. The first kappa shape index (κ1) is 21.1. The van der Waals surface area contributed by atoms with Crippen LogP contribution in [0.4, 0.5) is 0 Å². The lowest BCUT2D eigenvalue weighted by atomic mass is 9.95. The van der Waals surface area contributed by atoms with Crippen molar-refractivity contribution in [1.29, 1.82) is 0 Å². The second-order valence-electron chi connectivity index (χ2n) is 6.89. The van der Waals surface area contributed by atoms with E-state index in [1.54, 1.807) is 48.5 Å². The Labute approximate surface area is 174 Å². The molecule has 0 aromatic heterocycles. The Morgan fingerprint density at radius 1 is 1.10 bits per heavy atom. The van der Waals surface area contributed by atoms with Crippen LogP contribution in [0.5, 0.6) is 11.5 Å². The number of amides is 1. The molecule has 1 amide bonds. The maximum Gasteiger partial charge on any atom is 0.308 e. The molecular formula is C23H23NO6. The number of nitrogens with zero attached hydrogens (tertiary/aromatic N) is 1. The van der Waals surface area contributed by atoms with Crippen LogP contribution in [0.15, 0.2) is 54.1 Å². The maximum atomic E-state index is 12.9. The lowest BCUT2D eigenvalue weighted by Gasteiger charge is -2.25. The van der Waals surface area contributed by atoms with Gasteiger partial charge in [-0.3, -0.25) is 14.4 Å². The molecule has 1 heterocycles. The zero-order valence-corrected chi connectivity index (χ0v) is 17.0. The Morgan fingerprint density at radius 3 is 2.40 bits per heavy atom. The zero-order chi connectivity index (χ0) is 21.8.